The quantitative estimate of drug-likeness (QED) is 0.830. The number of hydrogen-bond donors (Lipinski definition) is 1. The molecule has 2 heterocycles. The highest BCUT2D eigenvalue weighted by Gasteiger charge is 2.29. The SMILES string of the molecule is CC1(O)CCN(C(=O)Cc2cccnc2)CC1. The lowest BCUT2D eigenvalue weighted by Crippen LogP contribution is -2.45. The van der Waals surface area contributed by atoms with Crippen LogP contribution < -0.4 is 0 Å². The van der Waals surface area contributed by atoms with Crippen LogP contribution in [0.15, 0.2) is 24.5 Å². The molecule has 4 nitrogen and oxygen atoms in total. The molecule has 17 heavy (non-hydrogen) atoms. The van der Waals surface area contributed by atoms with Crippen LogP contribution >= 0.6 is 0 Å². The van der Waals surface area contributed by atoms with Gasteiger partial charge in [-0.1, -0.05) is 6.07 Å². The molecule has 1 amide bonds. The fraction of sp³-hybridized carbons (Fsp3) is 0.538. The van der Waals surface area contributed by atoms with E-state index in [2.05, 4.69) is 4.98 Å². The molecule has 1 aromatic heterocycles. The minimum Gasteiger partial charge on any atom is -0.390 e. The third-order valence-corrected chi connectivity index (χ3v) is 3.27. The number of aromatic nitrogens is 1. The van der Waals surface area contributed by atoms with E-state index in [1.165, 1.54) is 0 Å². The number of amides is 1. The van der Waals surface area contributed by atoms with Crippen molar-refractivity contribution >= 4 is 5.91 Å². The summed E-state index contributed by atoms with van der Waals surface area (Å²) in [7, 11) is 0. The molecule has 92 valence electrons. The van der Waals surface area contributed by atoms with Crippen molar-refractivity contribution in [1.82, 2.24) is 9.88 Å². The van der Waals surface area contributed by atoms with Crippen LogP contribution in [0.5, 0.6) is 0 Å². The van der Waals surface area contributed by atoms with Crippen molar-refractivity contribution in [2.45, 2.75) is 31.8 Å². The van der Waals surface area contributed by atoms with E-state index < -0.39 is 5.60 Å². The number of piperidine rings is 1. The van der Waals surface area contributed by atoms with Crippen LogP contribution in [0.3, 0.4) is 0 Å². The Hall–Kier alpha value is -1.42. The van der Waals surface area contributed by atoms with Crippen LogP contribution in [0.4, 0.5) is 0 Å². The summed E-state index contributed by atoms with van der Waals surface area (Å²) in [4.78, 5) is 17.8. The van der Waals surface area contributed by atoms with Crippen LogP contribution in [0, 0.1) is 0 Å². The van der Waals surface area contributed by atoms with Gasteiger partial charge in [-0.15, -0.1) is 0 Å². The molecule has 1 aromatic rings. The highest BCUT2D eigenvalue weighted by atomic mass is 16.3. The molecule has 4 heteroatoms. The van der Waals surface area contributed by atoms with Crippen LogP contribution in [-0.4, -0.2) is 39.6 Å². The van der Waals surface area contributed by atoms with Crippen molar-refractivity contribution in [3.8, 4) is 0 Å². The lowest BCUT2D eigenvalue weighted by Gasteiger charge is -2.35. The number of nitrogens with zero attached hydrogens (tertiary/aromatic N) is 2. The summed E-state index contributed by atoms with van der Waals surface area (Å²) >= 11 is 0. The zero-order valence-corrected chi connectivity index (χ0v) is 10.1. The minimum atomic E-state index is -0.606. The van der Waals surface area contributed by atoms with Crippen molar-refractivity contribution in [2.24, 2.45) is 0 Å². The second kappa shape index (κ2) is 4.84. The predicted molar refractivity (Wildman–Crippen MR) is 64.4 cm³/mol. The number of rotatable bonds is 2. The van der Waals surface area contributed by atoms with Crippen molar-refractivity contribution in [3.05, 3.63) is 30.1 Å². The Labute approximate surface area is 101 Å². The average Bonchev–Trinajstić information content (AvgIpc) is 2.30. The molecule has 0 atom stereocenters. The van der Waals surface area contributed by atoms with Gasteiger partial charge in [0.2, 0.25) is 5.91 Å². The molecule has 1 aliphatic heterocycles. The van der Waals surface area contributed by atoms with Gasteiger partial charge in [-0.25, -0.2) is 0 Å². The van der Waals surface area contributed by atoms with Gasteiger partial charge >= 0.3 is 0 Å². The van der Waals surface area contributed by atoms with E-state index >= 15 is 0 Å². The monoisotopic (exact) mass is 234 g/mol. The van der Waals surface area contributed by atoms with Gasteiger partial charge in [-0.3, -0.25) is 9.78 Å². The molecule has 0 unspecified atom stereocenters. The molecule has 0 saturated carbocycles. The lowest BCUT2D eigenvalue weighted by atomic mass is 9.93. The summed E-state index contributed by atoms with van der Waals surface area (Å²) < 4.78 is 0. The minimum absolute atomic E-state index is 0.119. The summed E-state index contributed by atoms with van der Waals surface area (Å²) in [5.41, 5.74) is 0.334. The summed E-state index contributed by atoms with van der Waals surface area (Å²) in [6.45, 7) is 3.12. The Bertz CT molecular complexity index is 380. The maximum absolute atomic E-state index is 12.0. The Balaban J connectivity index is 1.90. The van der Waals surface area contributed by atoms with Gasteiger partial charge in [0.25, 0.3) is 0 Å². The zero-order chi connectivity index (χ0) is 12.3. The highest BCUT2D eigenvalue weighted by Crippen LogP contribution is 2.21. The third-order valence-electron chi connectivity index (χ3n) is 3.27. The topological polar surface area (TPSA) is 53.4 Å². The summed E-state index contributed by atoms with van der Waals surface area (Å²) in [6.07, 6.45) is 5.14. The molecule has 1 N–H and O–H groups in total. The van der Waals surface area contributed by atoms with Crippen LogP contribution in [0.25, 0.3) is 0 Å². The Morgan fingerprint density at radius 2 is 2.24 bits per heavy atom. The number of pyridine rings is 1. The first-order valence-electron chi connectivity index (χ1n) is 5.96. The standard InChI is InChI=1S/C13H18N2O2/c1-13(17)4-7-15(8-5-13)12(16)9-11-3-2-6-14-10-11/h2-3,6,10,17H,4-5,7-9H2,1H3. The van der Waals surface area contributed by atoms with E-state index in [0.717, 1.165) is 5.56 Å². The fourth-order valence-electron chi connectivity index (χ4n) is 2.03. The summed E-state index contributed by atoms with van der Waals surface area (Å²) in [5, 5.41) is 9.82. The van der Waals surface area contributed by atoms with Gasteiger partial charge in [0, 0.05) is 25.5 Å². The fourth-order valence-corrected chi connectivity index (χ4v) is 2.03. The lowest BCUT2D eigenvalue weighted by molar-refractivity contribution is -0.134. The van der Waals surface area contributed by atoms with E-state index in [1.54, 1.807) is 12.4 Å². The number of likely N-dealkylation sites (tertiary alicyclic amines) is 1. The van der Waals surface area contributed by atoms with Crippen LogP contribution in [0.2, 0.25) is 0 Å². The molecule has 0 spiro atoms. The van der Waals surface area contributed by atoms with E-state index in [4.69, 9.17) is 0 Å². The first-order chi connectivity index (χ1) is 8.07. The number of aliphatic hydroxyl groups is 1. The van der Waals surface area contributed by atoms with Crippen molar-refractivity contribution in [2.75, 3.05) is 13.1 Å². The van der Waals surface area contributed by atoms with Crippen molar-refractivity contribution in [1.29, 1.82) is 0 Å². The summed E-state index contributed by atoms with van der Waals surface area (Å²) in [5.74, 6) is 0.119. The largest absolute Gasteiger partial charge is 0.390 e. The Kier molecular flexibility index (Phi) is 3.43. The molecular formula is C13H18N2O2. The Morgan fingerprint density at radius 3 is 2.82 bits per heavy atom. The Morgan fingerprint density at radius 1 is 1.53 bits per heavy atom. The number of hydrogen-bond acceptors (Lipinski definition) is 3. The van der Waals surface area contributed by atoms with Gasteiger partial charge in [0.15, 0.2) is 0 Å². The van der Waals surface area contributed by atoms with E-state index in [-0.39, 0.29) is 5.91 Å². The van der Waals surface area contributed by atoms with Gasteiger partial charge in [0.1, 0.15) is 0 Å². The third kappa shape index (κ3) is 3.27. The summed E-state index contributed by atoms with van der Waals surface area (Å²) in [6, 6.07) is 3.74. The van der Waals surface area contributed by atoms with Crippen molar-refractivity contribution < 1.29 is 9.90 Å². The van der Waals surface area contributed by atoms with Crippen LogP contribution in [0.1, 0.15) is 25.3 Å². The maximum atomic E-state index is 12.0. The molecule has 1 aliphatic rings. The molecule has 0 aromatic carbocycles. The normalized spacial score (nSPS) is 19.1. The van der Waals surface area contributed by atoms with E-state index in [0.29, 0.717) is 32.4 Å². The van der Waals surface area contributed by atoms with Gasteiger partial charge in [0.05, 0.1) is 12.0 Å². The maximum Gasteiger partial charge on any atom is 0.227 e. The highest BCUT2D eigenvalue weighted by molar-refractivity contribution is 5.78. The molecule has 0 radical (unpaired) electrons. The number of carbonyl (C=O) groups excluding carboxylic acids is 1. The molecule has 0 aliphatic carbocycles. The first kappa shape index (κ1) is 12.0. The average molecular weight is 234 g/mol. The van der Waals surface area contributed by atoms with Crippen LogP contribution in [-0.2, 0) is 11.2 Å². The van der Waals surface area contributed by atoms with Gasteiger partial charge < -0.3 is 10.0 Å². The number of carbonyl (C=O) groups is 1. The second-order valence-corrected chi connectivity index (χ2v) is 4.92. The molecule has 2 rings (SSSR count). The predicted octanol–water partition coefficient (Wildman–Crippen LogP) is 0.998. The van der Waals surface area contributed by atoms with Gasteiger partial charge in [-0.2, -0.15) is 0 Å². The zero-order valence-electron chi connectivity index (χ0n) is 10.1. The molecule has 0 bridgehead atoms. The van der Waals surface area contributed by atoms with E-state index in [1.807, 2.05) is 24.0 Å². The second-order valence-electron chi connectivity index (χ2n) is 4.92. The molecule has 1 fully saturated rings. The molecular weight excluding hydrogens is 216 g/mol. The van der Waals surface area contributed by atoms with E-state index in [9.17, 15) is 9.90 Å². The van der Waals surface area contributed by atoms with Crippen molar-refractivity contribution in [3.63, 3.8) is 0 Å². The smallest absolute Gasteiger partial charge is 0.227 e. The molecule has 1 saturated heterocycles. The first-order valence-corrected chi connectivity index (χ1v) is 5.96. The van der Waals surface area contributed by atoms with Gasteiger partial charge in [-0.05, 0) is 31.4 Å².